The molecule has 1 aromatic carbocycles. The number of esters is 1. The summed E-state index contributed by atoms with van der Waals surface area (Å²) in [5, 5.41) is 0. The van der Waals surface area contributed by atoms with Gasteiger partial charge in [0.05, 0.1) is 6.61 Å². The second-order valence-corrected chi connectivity index (χ2v) is 3.86. The van der Waals surface area contributed by atoms with Gasteiger partial charge >= 0.3 is 5.97 Å². The van der Waals surface area contributed by atoms with Crippen LogP contribution in [0.5, 0.6) is 0 Å². The molecule has 0 unspecified atom stereocenters. The Hall–Kier alpha value is -1.68. The lowest BCUT2D eigenvalue weighted by Crippen LogP contribution is -2.10. The molecule has 0 bridgehead atoms. The zero-order valence-corrected chi connectivity index (χ0v) is 10.6. The lowest BCUT2D eigenvalue weighted by molar-refractivity contribution is -0.144. The molecule has 0 N–H and O–H groups in total. The summed E-state index contributed by atoms with van der Waals surface area (Å²) in [6, 6.07) is 9.07. The van der Waals surface area contributed by atoms with E-state index >= 15 is 0 Å². The van der Waals surface area contributed by atoms with E-state index in [0.717, 1.165) is 0 Å². The molecule has 1 aromatic rings. The van der Waals surface area contributed by atoms with Gasteiger partial charge in [-0.2, -0.15) is 0 Å². The molecule has 0 saturated heterocycles. The molecule has 0 heterocycles. The summed E-state index contributed by atoms with van der Waals surface area (Å²) in [5.74, 6) is -0.229. The van der Waals surface area contributed by atoms with Crippen molar-refractivity contribution in [1.29, 1.82) is 0 Å². The molecule has 0 saturated carbocycles. The zero-order chi connectivity index (χ0) is 13.2. The number of hydrogen-bond acceptors (Lipinski definition) is 4. The van der Waals surface area contributed by atoms with Gasteiger partial charge in [-0.3, -0.25) is 9.59 Å². The van der Waals surface area contributed by atoms with Crippen molar-refractivity contribution in [2.75, 3.05) is 20.3 Å². The van der Waals surface area contributed by atoms with Crippen LogP contribution in [0.3, 0.4) is 0 Å². The van der Waals surface area contributed by atoms with E-state index in [1.54, 1.807) is 19.2 Å². The number of Topliss-reactive ketones (excluding diaryl/α,β-unsaturated/α-hetero) is 1. The summed E-state index contributed by atoms with van der Waals surface area (Å²) >= 11 is 0. The maximum Gasteiger partial charge on any atom is 0.305 e. The van der Waals surface area contributed by atoms with Gasteiger partial charge in [0.15, 0.2) is 5.78 Å². The van der Waals surface area contributed by atoms with Gasteiger partial charge in [-0.25, -0.2) is 0 Å². The number of benzene rings is 1. The van der Waals surface area contributed by atoms with E-state index in [9.17, 15) is 9.59 Å². The minimum atomic E-state index is -0.284. The second kappa shape index (κ2) is 8.42. The van der Waals surface area contributed by atoms with E-state index in [2.05, 4.69) is 0 Å². The first-order chi connectivity index (χ1) is 8.74. The predicted molar refractivity (Wildman–Crippen MR) is 67.5 cm³/mol. The molecule has 4 nitrogen and oxygen atoms in total. The molecule has 98 valence electrons. The third-order valence-electron chi connectivity index (χ3n) is 2.43. The molecule has 18 heavy (non-hydrogen) atoms. The van der Waals surface area contributed by atoms with E-state index in [1.165, 1.54) is 0 Å². The van der Waals surface area contributed by atoms with Crippen molar-refractivity contribution in [1.82, 2.24) is 0 Å². The number of rotatable bonds is 8. The molecule has 0 radical (unpaired) electrons. The van der Waals surface area contributed by atoms with Crippen LogP contribution in [0.4, 0.5) is 0 Å². The summed E-state index contributed by atoms with van der Waals surface area (Å²) < 4.78 is 9.66. The van der Waals surface area contributed by atoms with Crippen LogP contribution < -0.4 is 0 Å². The van der Waals surface area contributed by atoms with Crippen LogP contribution in [-0.4, -0.2) is 32.1 Å². The number of ether oxygens (including phenoxy) is 2. The van der Waals surface area contributed by atoms with Crippen molar-refractivity contribution >= 4 is 11.8 Å². The minimum absolute atomic E-state index is 0.0558. The minimum Gasteiger partial charge on any atom is -0.463 e. The fourth-order valence-electron chi connectivity index (χ4n) is 1.47. The first-order valence-corrected chi connectivity index (χ1v) is 5.97. The van der Waals surface area contributed by atoms with Crippen LogP contribution in [0.2, 0.25) is 0 Å². The molecule has 0 fully saturated rings. The fourth-order valence-corrected chi connectivity index (χ4v) is 1.47. The molecule has 0 aromatic heterocycles. The first kappa shape index (κ1) is 14.4. The number of ketones is 1. The van der Waals surface area contributed by atoms with Gasteiger partial charge in [0.2, 0.25) is 0 Å². The average molecular weight is 250 g/mol. The standard InChI is InChI=1S/C14H18O4/c1-17-10-11-18-14(16)9-5-8-13(15)12-6-3-2-4-7-12/h2-4,6-7H,5,8-11H2,1H3. The van der Waals surface area contributed by atoms with Gasteiger partial charge in [-0.05, 0) is 6.42 Å². The molecule has 0 atom stereocenters. The van der Waals surface area contributed by atoms with Gasteiger partial charge in [0, 0.05) is 25.5 Å². The molecule has 0 spiro atoms. The summed E-state index contributed by atoms with van der Waals surface area (Å²) in [6.45, 7) is 0.663. The summed E-state index contributed by atoms with van der Waals surface area (Å²) in [7, 11) is 1.55. The fraction of sp³-hybridized carbons (Fsp3) is 0.429. The Balaban J connectivity index is 2.18. The molecule has 0 amide bonds. The Morgan fingerprint density at radius 1 is 1.06 bits per heavy atom. The first-order valence-electron chi connectivity index (χ1n) is 5.97. The number of hydrogen-bond donors (Lipinski definition) is 0. The molecule has 0 aliphatic rings. The Morgan fingerprint density at radius 2 is 1.78 bits per heavy atom. The Morgan fingerprint density at radius 3 is 2.44 bits per heavy atom. The highest BCUT2D eigenvalue weighted by Crippen LogP contribution is 2.07. The van der Waals surface area contributed by atoms with Gasteiger partial charge in [0.25, 0.3) is 0 Å². The van der Waals surface area contributed by atoms with Gasteiger partial charge in [-0.15, -0.1) is 0 Å². The van der Waals surface area contributed by atoms with Crippen molar-refractivity contribution < 1.29 is 19.1 Å². The van der Waals surface area contributed by atoms with E-state index in [-0.39, 0.29) is 24.8 Å². The SMILES string of the molecule is COCCOC(=O)CCCC(=O)c1ccccc1. The van der Waals surface area contributed by atoms with Crippen LogP contribution in [0.1, 0.15) is 29.6 Å². The van der Waals surface area contributed by atoms with Gasteiger partial charge in [0.1, 0.15) is 6.61 Å². The summed E-state index contributed by atoms with van der Waals surface area (Å²) in [5.41, 5.74) is 0.685. The van der Waals surface area contributed by atoms with Crippen LogP contribution in [0, 0.1) is 0 Å². The monoisotopic (exact) mass is 250 g/mol. The van der Waals surface area contributed by atoms with Crippen LogP contribution in [0.25, 0.3) is 0 Å². The summed E-state index contributed by atoms with van der Waals surface area (Å²) in [6.07, 6.45) is 1.14. The number of carbonyl (C=O) groups excluding carboxylic acids is 2. The van der Waals surface area contributed by atoms with Crippen molar-refractivity contribution in [3.8, 4) is 0 Å². The van der Waals surface area contributed by atoms with Crippen LogP contribution in [0.15, 0.2) is 30.3 Å². The lowest BCUT2D eigenvalue weighted by Gasteiger charge is -2.03. The number of methoxy groups -OCH3 is 1. The lowest BCUT2D eigenvalue weighted by atomic mass is 10.1. The maximum atomic E-state index is 11.7. The van der Waals surface area contributed by atoms with Gasteiger partial charge in [-0.1, -0.05) is 30.3 Å². The quantitative estimate of drug-likeness (QED) is 0.403. The highest BCUT2D eigenvalue weighted by molar-refractivity contribution is 5.96. The third-order valence-corrected chi connectivity index (χ3v) is 2.43. The highest BCUT2D eigenvalue weighted by Gasteiger charge is 2.07. The van der Waals surface area contributed by atoms with E-state index in [1.807, 2.05) is 18.2 Å². The van der Waals surface area contributed by atoms with Crippen molar-refractivity contribution in [3.63, 3.8) is 0 Å². The molecule has 0 aliphatic heterocycles. The molecular formula is C14H18O4. The Kier molecular flexibility index (Phi) is 6.72. The van der Waals surface area contributed by atoms with Crippen LogP contribution >= 0.6 is 0 Å². The van der Waals surface area contributed by atoms with E-state index < -0.39 is 0 Å². The van der Waals surface area contributed by atoms with Crippen molar-refractivity contribution in [2.45, 2.75) is 19.3 Å². The topological polar surface area (TPSA) is 52.6 Å². The van der Waals surface area contributed by atoms with Crippen molar-refractivity contribution in [2.24, 2.45) is 0 Å². The molecule has 4 heteroatoms. The van der Waals surface area contributed by atoms with Gasteiger partial charge < -0.3 is 9.47 Å². The zero-order valence-electron chi connectivity index (χ0n) is 10.6. The Labute approximate surface area is 107 Å². The average Bonchev–Trinajstić information content (AvgIpc) is 2.40. The second-order valence-electron chi connectivity index (χ2n) is 3.86. The van der Waals surface area contributed by atoms with E-state index in [0.29, 0.717) is 25.0 Å². The molecular weight excluding hydrogens is 232 g/mol. The maximum absolute atomic E-state index is 11.7. The normalized spacial score (nSPS) is 10.1. The predicted octanol–water partition coefficient (Wildman–Crippen LogP) is 2.23. The smallest absolute Gasteiger partial charge is 0.305 e. The number of carbonyl (C=O) groups is 2. The summed E-state index contributed by atoms with van der Waals surface area (Å²) in [4.78, 5) is 23.0. The molecule has 1 rings (SSSR count). The van der Waals surface area contributed by atoms with Crippen LogP contribution in [-0.2, 0) is 14.3 Å². The Bertz CT molecular complexity index is 373. The van der Waals surface area contributed by atoms with Crippen molar-refractivity contribution in [3.05, 3.63) is 35.9 Å². The van der Waals surface area contributed by atoms with E-state index in [4.69, 9.17) is 9.47 Å². The molecule has 0 aliphatic carbocycles. The largest absolute Gasteiger partial charge is 0.463 e. The highest BCUT2D eigenvalue weighted by atomic mass is 16.6. The third kappa shape index (κ3) is 5.59.